The van der Waals surface area contributed by atoms with E-state index in [0.717, 1.165) is 18.4 Å². The highest BCUT2D eigenvalue weighted by Crippen LogP contribution is 2.19. The summed E-state index contributed by atoms with van der Waals surface area (Å²) in [7, 11) is 0. The summed E-state index contributed by atoms with van der Waals surface area (Å²) in [5, 5.41) is 0. The van der Waals surface area contributed by atoms with Crippen LogP contribution in [0.3, 0.4) is 0 Å². The van der Waals surface area contributed by atoms with E-state index in [0.29, 0.717) is 12.3 Å². The second-order valence-electron chi connectivity index (χ2n) is 3.65. The molecule has 0 aromatic heterocycles. The van der Waals surface area contributed by atoms with Gasteiger partial charge in [-0.05, 0) is 12.0 Å². The molecule has 0 unspecified atom stereocenters. The van der Waals surface area contributed by atoms with Gasteiger partial charge in [0.2, 0.25) is 0 Å². The van der Waals surface area contributed by atoms with Gasteiger partial charge in [0.05, 0.1) is 5.88 Å². The van der Waals surface area contributed by atoms with Gasteiger partial charge >= 0.3 is 5.97 Å². The Bertz CT molecular complexity index is 311. The third-order valence-corrected chi connectivity index (χ3v) is 2.60. The van der Waals surface area contributed by atoms with Crippen molar-refractivity contribution in [1.29, 1.82) is 0 Å². The molecule has 1 aromatic rings. The van der Waals surface area contributed by atoms with E-state index >= 15 is 0 Å². The first kappa shape index (κ1) is 13.0. The molecular formula is C13H17ClO2. The number of esters is 1. The van der Waals surface area contributed by atoms with E-state index in [2.05, 4.69) is 0 Å². The number of rotatable bonds is 6. The second kappa shape index (κ2) is 7.29. The summed E-state index contributed by atoms with van der Waals surface area (Å²) in [6.07, 6.45) is 2.00. The van der Waals surface area contributed by atoms with Crippen LogP contribution in [0.15, 0.2) is 30.3 Å². The van der Waals surface area contributed by atoms with Gasteiger partial charge in [-0.1, -0.05) is 43.7 Å². The van der Waals surface area contributed by atoms with Gasteiger partial charge in [-0.25, -0.2) is 0 Å². The minimum absolute atomic E-state index is 0.170. The number of carbonyl (C=O) groups is 1. The molecule has 0 aliphatic carbocycles. The van der Waals surface area contributed by atoms with Crippen molar-refractivity contribution < 1.29 is 9.53 Å². The SMILES string of the molecule is CCCCC(=O)O[C@@H](CCl)c1ccccc1. The van der Waals surface area contributed by atoms with Gasteiger partial charge in [-0.15, -0.1) is 11.6 Å². The molecule has 2 nitrogen and oxygen atoms in total. The van der Waals surface area contributed by atoms with Crippen LogP contribution < -0.4 is 0 Å². The van der Waals surface area contributed by atoms with Gasteiger partial charge in [-0.2, -0.15) is 0 Å². The molecule has 0 saturated carbocycles. The summed E-state index contributed by atoms with van der Waals surface area (Å²) in [6, 6.07) is 9.58. The molecular weight excluding hydrogens is 224 g/mol. The summed E-state index contributed by atoms with van der Waals surface area (Å²) in [6.45, 7) is 2.05. The fraction of sp³-hybridized carbons (Fsp3) is 0.462. The van der Waals surface area contributed by atoms with Crippen LogP contribution in [0.2, 0.25) is 0 Å². The van der Waals surface area contributed by atoms with E-state index < -0.39 is 0 Å². The Morgan fingerprint density at radius 1 is 1.38 bits per heavy atom. The Morgan fingerprint density at radius 3 is 2.62 bits per heavy atom. The Morgan fingerprint density at radius 2 is 2.06 bits per heavy atom. The number of halogens is 1. The van der Waals surface area contributed by atoms with E-state index in [-0.39, 0.29) is 12.1 Å². The largest absolute Gasteiger partial charge is 0.456 e. The van der Waals surface area contributed by atoms with Gasteiger partial charge in [0, 0.05) is 6.42 Å². The molecule has 0 radical (unpaired) electrons. The van der Waals surface area contributed by atoms with Crippen molar-refractivity contribution in [3.63, 3.8) is 0 Å². The quantitative estimate of drug-likeness (QED) is 0.560. The highest BCUT2D eigenvalue weighted by molar-refractivity contribution is 6.18. The maximum atomic E-state index is 11.5. The van der Waals surface area contributed by atoms with Crippen molar-refractivity contribution in [2.24, 2.45) is 0 Å². The van der Waals surface area contributed by atoms with Gasteiger partial charge in [0.1, 0.15) is 6.10 Å². The van der Waals surface area contributed by atoms with E-state index in [1.54, 1.807) is 0 Å². The molecule has 0 aliphatic heterocycles. The lowest BCUT2D eigenvalue weighted by Gasteiger charge is -2.15. The first-order valence-corrected chi connectivity index (χ1v) is 6.11. The van der Waals surface area contributed by atoms with Crippen LogP contribution in [0.5, 0.6) is 0 Å². The zero-order valence-electron chi connectivity index (χ0n) is 9.49. The average molecular weight is 241 g/mol. The van der Waals surface area contributed by atoms with Crippen molar-refractivity contribution in [3.8, 4) is 0 Å². The van der Waals surface area contributed by atoms with Crippen molar-refractivity contribution >= 4 is 17.6 Å². The number of unbranched alkanes of at least 4 members (excludes halogenated alkanes) is 1. The van der Waals surface area contributed by atoms with Gasteiger partial charge in [0.25, 0.3) is 0 Å². The molecule has 88 valence electrons. The van der Waals surface area contributed by atoms with Crippen LogP contribution in [0, 0.1) is 0 Å². The predicted molar refractivity (Wildman–Crippen MR) is 65.5 cm³/mol. The number of carbonyl (C=O) groups excluding carboxylic acids is 1. The van der Waals surface area contributed by atoms with Crippen LogP contribution in [-0.2, 0) is 9.53 Å². The lowest BCUT2D eigenvalue weighted by molar-refractivity contribution is -0.148. The van der Waals surface area contributed by atoms with Gasteiger partial charge < -0.3 is 4.74 Å². The second-order valence-corrected chi connectivity index (χ2v) is 3.96. The molecule has 0 fully saturated rings. The zero-order valence-corrected chi connectivity index (χ0v) is 10.2. The molecule has 0 bridgehead atoms. The third-order valence-electron chi connectivity index (χ3n) is 2.32. The molecule has 0 spiro atoms. The van der Waals surface area contributed by atoms with Crippen LogP contribution in [0.25, 0.3) is 0 Å². The zero-order chi connectivity index (χ0) is 11.8. The number of benzene rings is 1. The highest BCUT2D eigenvalue weighted by Gasteiger charge is 2.14. The van der Waals surface area contributed by atoms with Crippen LogP contribution >= 0.6 is 11.6 Å². The maximum absolute atomic E-state index is 11.5. The fourth-order valence-corrected chi connectivity index (χ4v) is 1.64. The van der Waals surface area contributed by atoms with Crippen LogP contribution in [0.1, 0.15) is 37.9 Å². The summed E-state index contributed by atoms with van der Waals surface area (Å²) >= 11 is 5.80. The van der Waals surface area contributed by atoms with E-state index in [1.807, 2.05) is 37.3 Å². The van der Waals surface area contributed by atoms with Crippen molar-refractivity contribution in [3.05, 3.63) is 35.9 Å². The lowest BCUT2D eigenvalue weighted by Crippen LogP contribution is -2.12. The first-order valence-electron chi connectivity index (χ1n) is 5.58. The number of hydrogen-bond donors (Lipinski definition) is 0. The highest BCUT2D eigenvalue weighted by atomic mass is 35.5. The maximum Gasteiger partial charge on any atom is 0.306 e. The Balaban J connectivity index is 2.52. The molecule has 1 aromatic carbocycles. The molecule has 0 heterocycles. The average Bonchev–Trinajstić information content (AvgIpc) is 2.34. The smallest absolute Gasteiger partial charge is 0.306 e. The summed E-state index contributed by atoms with van der Waals surface area (Å²) < 4.78 is 5.32. The Kier molecular flexibility index (Phi) is 5.94. The molecule has 0 amide bonds. The van der Waals surface area contributed by atoms with Crippen LogP contribution in [0.4, 0.5) is 0 Å². The standard InChI is InChI=1S/C13H17ClO2/c1-2-3-9-13(15)16-12(10-14)11-7-5-4-6-8-11/h4-8,12H,2-3,9-10H2,1H3/t12-/m0/s1. The minimum Gasteiger partial charge on any atom is -0.456 e. The molecule has 0 N–H and O–H groups in total. The van der Waals surface area contributed by atoms with Gasteiger partial charge in [-0.3, -0.25) is 4.79 Å². The van der Waals surface area contributed by atoms with E-state index in [4.69, 9.17) is 16.3 Å². The van der Waals surface area contributed by atoms with Crippen LogP contribution in [-0.4, -0.2) is 11.8 Å². The number of alkyl halides is 1. The van der Waals surface area contributed by atoms with Gasteiger partial charge in [0.15, 0.2) is 0 Å². The third kappa shape index (κ3) is 4.23. The fourth-order valence-electron chi connectivity index (χ4n) is 1.40. The van der Waals surface area contributed by atoms with Crippen molar-refractivity contribution in [1.82, 2.24) is 0 Å². The van der Waals surface area contributed by atoms with E-state index in [1.165, 1.54) is 0 Å². The Labute approximate surface area is 102 Å². The molecule has 0 aliphatic rings. The monoisotopic (exact) mass is 240 g/mol. The molecule has 3 heteroatoms. The van der Waals surface area contributed by atoms with E-state index in [9.17, 15) is 4.79 Å². The molecule has 0 saturated heterocycles. The first-order chi connectivity index (χ1) is 7.77. The number of ether oxygens (including phenoxy) is 1. The molecule has 1 rings (SSSR count). The predicted octanol–water partition coefficient (Wildman–Crippen LogP) is 3.70. The molecule has 16 heavy (non-hydrogen) atoms. The summed E-state index contributed by atoms with van der Waals surface area (Å²) in [5.74, 6) is 0.123. The minimum atomic E-state index is -0.327. The lowest BCUT2D eigenvalue weighted by atomic mass is 10.1. The van der Waals surface area contributed by atoms with Crippen molar-refractivity contribution in [2.75, 3.05) is 5.88 Å². The summed E-state index contributed by atoms with van der Waals surface area (Å²) in [5.41, 5.74) is 0.947. The van der Waals surface area contributed by atoms with Crippen molar-refractivity contribution in [2.45, 2.75) is 32.3 Å². The molecule has 1 atom stereocenters. The topological polar surface area (TPSA) is 26.3 Å². The Hall–Kier alpha value is -1.02. The normalized spacial score (nSPS) is 12.1. The number of hydrogen-bond acceptors (Lipinski definition) is 2. The summed E-state index contributed by atoms with van der Waals surface area (Å²) in [4.78, 5) is 11.5.